The maximum atomic E-state index is 4.82. The van der Waals surface area contributed by atoms with Crippen LogP contribution in [-0.4, -0.2) is 9.81 Å². The van der Waals surface area contributed by atoms with Gasteiger partial charge in [0.1, 0.15) is 0 Å². The largest absolute Gasteiger partial charge is 0.246 e. The molecule has 2 rings (SSSR count). The molecule has 2 atom stereocenters. The molecule has 1 aliphatic carbocycles. The fourth-order valence-electron chi connectivity index (χ4n) is 2.51. The van der Waals surface area contributed by atoms with Gasteiger partial charge in [-0.2, -0.15) is 0 Å². The molecule has 1 saturated carbocycles. The van der Waals surface area contributed by atoms with Crippen LogP contribution in [0.5, 0.6) is 0 Å². The highest BCUT2D eigenvalue weighted by Gasteiger charge is 2.34. The van der Waals surface area contributed by atoms with Gasteiger partial charge in [-0.15, -0.1) is 11.3 Å². The standard InChI is InChI=1S/C14H22BrNS/c1-13(2,3)11-9-17-12(16-11)8-14(4)6-5-10(15)7-14/h9-10H,5-8H2,1-4H3. The molecule has 0 aliphatic heterocycles. The van der Waals surface area contributed by atoms with Crippen LogP contribution < -0.4 is 0 Å². The fraction of sp³-hybridized carbons (Fsp3) is 0.786. The van der Waals surface area contributed by atoms with E-state index in [1.807, 2.05) is 11.3 Å². The molecule has 0 aromatic carbocycles. The van der Waals surface area contributed by atoms with Gasteiger partial charge in [-0.3, -0.25) is 0 Å². The molecule has 96 valence electrons. The molecule has 1 heterocycles. The number of alkyl halides is 1. The zero-order valence-electron chi connectivity index (χ0n) is 11.2. The van der Waals surface area contributed by atoms with Gasteiger partial charge < -0.3 is 0 Å². The number of thiazole rings is 1. The Morgan fingerprint density at radius 2 is 2.24 bits per heavy atom. The van der Waals surface area contributed by atoms with Crippen LogP contribution in [0.1, 0.15) is 57.7 Å². The van der Waals surface area contributed by atoms with E-state index in [4.69, 9.17) is 4.98 Å². The van der Waals surface area contributed by atoms with Crippen LogP contribution >= 0.6 is 27.3 Å². The third-order valence-electron chi connectivity index (χ3n) is 3.67. The van der Waals surface area contributed by atoms with E-state index in [0.29, 0.717) is 5.41 Å². The summed E-state index contributed by atoms with van der Waals surface area (Å²) in [6, 6.07) is 0. The highest BCUT2D eigenvalue weighted by molar-refractivity contribution is 9.09. The number of aromatic nitrogens is 1. The molecule has 1 nitrogen and oxygen atoms in total. The summed E-state index contributed by atoms with van der Waals surface area (Å²) in [5, 5.41) is 3.55. The van der Waals surface area contributed by atoms with Crippen molar-refractivity contribution in [2.75, 3.05) is 0 Å². The summed E-state index contributed by atoms with van der Waals surface area (Å²) in [5.74, 6) is 0. The Bertz CT molecular complexity index is 393. The molecule has 2 unspecified atom stereocenters. The third-order valence-corrected chi connectivity index (χ3v) is 5.30. The van der Waals surface area contributed by atoms with E-state index in [2.05, 4.69) is 49.0 Å². The molecule has 17 heavy (non-hydrogen) atoms. The number of hydrogen-bond acceptors (Lipinski definition) is 2. The molecule has 3 heteroatoms. The maximum absolute atomic E-state index is 4.82. The first-order chi connectivity index (χ1) is 7.78. The lowest BCUT2D eigenvalue weighted by molar-refractivity contribution is 0.335. The van der Waals surface area contributed by atoms with Crippen molar-refractivity contribution >= 4 is 27.3 Å². The van der Waals surface area contributed by atoms with E-state index >= 15 is 0 Å². The van der Waals surface area contributed by atoms with Crippen molar-refractivity contribution in [3.63, 3.8) is 0 Å². The zero-order chi connectivity index (χ0) is 12.7. The van der Waals surface area contributed by atoms with Gasteiger partial charge in [0.25, 0.3) is 0 Å². The van der Waals surface area contributed by atoms with Crippen LogP contribution in [-0.2, 0) is 11.8 Å². The van der Waals surface area contributed by atoms with Gasteiger partial charge in [-0.25, -0.2) is 4.98 Å². The lowest BCUT2D eigenvalue weighted by Gasteiger charge is -2.22. The summed E-state index contributed by atoms with van der Waals surface area (Å²) in [6.07, 6.45) is 5.08. The average molecular weight is 316 g/mol. The van der Waals surface area contributed by atoms with Crippen LogP contribution in [0.3, 0.4) is 0 Å². The van der Waals surface area contributed by atoms with Gasteiger partial charge in [-0.05, 0) is 24.7 Å². The second-order valence-corrected chi connectivity index (χ2v) is 8.94. The highest BCUT2D eigenvalue weighted by atomic mass is 79.9. The Kier molecular flexibility index (Phi) is 3.71. The Morgan fingerprint density at radius 3 is 2.71 bits per heavy atom. The van der Waals surface area contributed by atoms with Crippen LogP contribution in [0, 0.1) is 5.41 Å². The van der Waals surface area contributed by atoms with E-state index in [0.717, 1.165) is 11.2 Å². The minimum absolute atomic E-state index is 0.184. The molecular weight excluding hydrogens is 294 g/mol. The summed E-state index contributed by atoms with van der Waals surface area (Å²) in [7, 11) is 0. The summed E-state index contributed by atoms with van der Waals surface area (Å²) >= 11 is 5.58. The van der Waals surface area contributed by atoms with Gasteiger partial charge in [0.2, 0.25) is 0 Å². The molecule has 1 aromatic heterocycles. The summed E-state index contributed by atoms with van der Waals surface area (Å²) in [5.41, 5.74) is 1.89. The number of nitrogens with zero attached hydrogens (tertiary/aromatic N) is 1. The second kappa shape index (κ2) is 4.65. The van der Waals surface area contributed by atoms with Crippen molar-refractivity contribution in [2.24, 2.45) is 5.41 Å². The van der Waals surface area contributed by atoms with E-state index in [1.54, 1.807) is 0 Å². The molecule has 0 N–H and O–H groups in total. The molecular formula is C14H22BrNS. The predicted octanol–water partition coefficient (Wildman–Crippen LogP) is 4.94. The molecule has 0 bridgehead atoms. The van der Waals surface area contributed by atoms with Crippen molar-refractivity contribution in [3.8, 4) is 0 Å². The molecule has 0 spiro atoms. The van der Waals surface area contributed by atoms with Gasteiger partial charge in [0.15, 0.2) is 0 Å². The topological polar surface area (TPSA) is 12.9 Å². The number of rotatable bonds is 2. The second-order valence-electron chi connectivity index (χ2n) is 6.70. The molecule has 0 radical (unpaired) electrons. The monoisotopic (exact) mass is 315 g/mol. The van der Waals surface area contributed by atoms with Crippen molar-refractivity contribution in [1.82, 2.24) is 4.98 Å². The van der Waals surface area contributed by atoms with Gasteiger partial charge in [0, 0.05) is 22.0 Å². The molecule has 0 amide bonds. The van der Waals surface area contributed by atoms with Crippen molar-refractivity contribution in [3.05, 3.63) is 16.1 Å². The van der Waals surface area contributed by atoms with E-state index < -0.39 is 0 Å². The third kappa shape index (κ3) is 3.31. The first kappa shape index (κ1) is 13.5. The molecule has 1 aliphatic rings. The van der Waals surface area contributed by atoms with E-state index in [1.165, 1.54) is 30.0 Å². The average Bonchev–Trinajstić information content (AvgIpc) is 2.73. The normalized spacial score (nSPS) is 29.8. The fourth-order valence-corrected chi connectivity index (χ4v) is 4.75. The quantitative estimate of drug-likeness (QED) is 0.705. The Balaban J connectivity index is 2.07. The molecule has 0 saturated heterocycles. The van der Waals surface area contributed by atoms with Crippen LogP contribution in [0.4, 0.5) is 0 Å². The minimum atomic E-state index is 0.184. The van der Waals surface area contributed by atoms with E-state index in [9.17, 15) is 0 Å². The molecule has 1 fully saturated rings. The number of hydrogen-bond donors (Lipinski definition) is 0. The van der Waals surface area contributed by atoms with E-state index in [-0.39, 0.29) is 5.41 Å². The lowest BCUT2D eigenvalue weighted by atomic mass is 9.85. The van der Waals surface area contributed by atoms with Crippen LogP contribution in [0.25, 0.3) is 0 Å². The number of halogens is 1. The Morgan fingerprint density at radius 1 is 1.53 bits per heavy atom. The SMILES string of the molecule is CC1(Cc2nc(C(C)(C)C)cs2)CCC(Br)C1. The first-order valence-corrected chi connectivity index (χ1v) is 8.17. The highest BCUT2D eigenvalue weighted by Crippen LogP contribution is 2.44. The summed E-state index contributed by atoms with van der Waals surface area (Å²) in [4.78, 5) is 5.54. The van der Waals surface area contributed by atoms with Crippen LogP contribution in [0.15, 0.2) is 5.38 Å². The molecule has 1 aromatic rings. The summed E-state index contributed by atoms with van der Waals surface area (Å²) < 4.78 is 0. The summed E-state index contributed by atoms with van der Waals surface area (Å²) in [6.45, 7) is 9.11. The van der Waals surface area contributed by atoms with Crippen molar-refractivity contribution < 1.29 is 0 Å². The maximum Gasteiger partial charge on any atom is 0.0933 e. The Labute approximate surface area is 117 Å². The van der Waals surface area contributed by atoms with Gasteiger partial charge in [0.05, 0.1) is 10.7 Å². The van der Waals surface area contributed by atoms with Crippen molar-refractivity contribution in [1.29, 1.82) is 0 Å². The Hall–Kier alpha value is 0.110. The van der Waals surface area contributed by atoms with Gasteiger partial charge in [-0.1, -0.05) is 43.6 Å². The van der Waals surface area contributed by atoms with Crippen molar-refractivity contribution in [2.45, 2.75) is 63.6 Å². The van der Waals surface area contributed by atoms with Crippen LogP contribution in [0.2, 0.25) is 0 Å². The lowest BCUT2D eigenvalue weighted by Crippen LogP contribution is -2.16. The smallest absolute Gasteiger partial charge is 0.0933 e. The zero-order valence-corrected chi connectivity index (χ0v) is 13.6. The van der Waals surface area contributed by atoms with Gasteiger partial charge >= 0.3 is 0 Å². The first-order valence-electron chi connectivity index (χ1n) is 6.37. The minimum Gasteiger partial charge on any atom is -0.246 e. The predicted molar refractivity (Wildman–Crippen MR) is 79.2 cm³/mol.